The Morgan fingerprint density at radius 1 is 0.679 bits per heavy atom. The van der Waals surface area contributed by atoms with Gasteiger partial charge in [-0.3, -0.25) is 14.4 Å². The van der Waals surface area contributed by atoms with Gasteiger partial charge in [0, 0.05) is 11.1 Å². The van der Waals surface area contributed by atoms with Gasteiger partial charge in [0.2, 0.25) is 0 Å². The fourth-order valence-electron chi connectivity index (χ4n) is 2.77. The van der Waals surface area contributed by atoms with E-state index in [9.17, 15) is 18.8 Å². The van der Waals surface area contributed by atoms with Crippen LogP contribution in [-0.4, -0.2) is 17.3 Å². The van der Waals surface area contributed by atoms with Gasteiger partial charge in [-0.1, -0.05) is 66.7 Å². The van der Waals surface area contributed by atoms with Gasteiger partial charge in [-0.25, -0.2) is 4.39 Å². The van der Waals surface area contributed by atoms with Crippen molar-refractivity contribution in [2.45, 2.75) is 0 Å². The Morgan fingerprint density at radius 2 is 1.18 bits per heavy atom. The molecular weight excluding hydrogens is 355 g/mol. The summed E-state index contributed by atoms with van der Waals surface area (Å²) in [5.41, 5.74) is 1.15. The second kappa shape index (κ2) is 8.82. The highest BCUT2D eigenvalue weighted by atomic mass is 19.1. The highest BCUT2D eigenvalue weighted by Gasteiger charge is 2.33. The lowest BCUT2D eigenvalue weighted by atomic mass is 9.86. The van der Waals surface area contributed by atoms with Crippen LogP contribution in [0.4, 0.5) is 4.39 Å². The first kappa shape index (κ1) is 19.1. The first-order valence-corrected chi connectivity index (χ1v) is 8.72. The summed E-state index contributed by atoms with van der Waals surface area (Å²) in [7, 11) is 0. The molecule has 0 saturated heterocycles. The number of hydrogen-bond acceptors (Lipinski definition) is 3. The van der Waals surface area contributed by atoms with Crippen LogP contribution >= 0.6 is 0 Å². The predicted octanol–water partition coefficient (Wildman–Crippen LogP) is 4.79. The van der Waals surface area contributed by atoms with Gasteiger partial charge < -0.3 is 0 Å². The van der Waals surface area contributed by atoms with E-state index in [1.807, 2.05) is 18.2 Å². The number of rotatable bonds is 7. The molecule has 0 amide bonds. The van der Waals surface area contributed by atoms with Crippen molar-refractivity contribution in [3.05, 3.63) is 114 Å². The van der Waals surface area contributed by atoms with Crippen molar-refractivity contribution in [3.8, 4) is 0 Å². The van der Waals surface area contributed by atoms with Crippen molar-refractivity contribution < 1.29 is 18.8 Å². The van der Waals surface area contributed by atoms with Gasteiger partial charge in [0.25, 0.3) is 0 Å². The first-order chi connectivity index (χ1) is 13.6. The number of hydrogen-bond donors (Lipinski definition) is 0. The third kappa shape index (κ3) is 4.54. The van der Waals surface area contributed by atoms with Crippen LogP contribution in [0.15, 0.2) is 91.0 Å². The molecule has 3 aromatic rings. The summed E-state index contributed by atoms with van der Waals surface area (Å²) in [5, 5.41) is 0. The SMILES string of the molecule is O=C(C=Cc1ccccc1)C(C(=O)c1ccccc1)C(=O)c1ccc(F)cc1. The average molecular weight is 372 g/mol. The first-order valence-electron chi connectivity index (χ1n) is 8.72. The van der Waals surface area contributed by atoms with Crippen LogP contribution in [0.25, 0.3) is 6.08 Å². The topological polar surface area (TPSA) is 51.2 Å². The van der Waals surface area contributed by atoms with Crippen molar-refractivity contribution in [2.24, 2.45) is 5.92 Å². The van der Waals surface area contributed by atoms with Gasteiger partial charge in [-0.2, -0.15) is 0 Å². The number of allylic oxidation sites excluding steroid dienone is 1. The number of Topliss-reactive ketones (excluding diaryl/α,β-unsaturated/α-hetero) is 2. The molecule has 0 heterocycles. The van der Waals surface area contributed by atoms with Crippen LogP contribution in [0.5, 0.6) is 0 Å². The molecule has 0 fully saturated rings. The van der Waals surface area contributed by atoms with Gasteiger partial charge >= 0.3 is 0 Å². The van der Waals surface area contributed by atoms with E-state index in [0.717, 1.165) is 17.7 Å². The minimum absolute atomic E-state index is 0.108. The lowest BCUT2D eigenvalue weighted by Crippen LogP contribution is -2.31. The normalized spacial score (nSPS) is 11.9. The number of benzene rings is 3. The van der Waals surface area contributed by atoms with E-state index in [-0.39, 0.29) is 11.1 Å². The summed E-state index contributed by atoms with van der Waals surface area (Å²) in [6.07, 6.45) is 2.80. The lowest BCUT2D eigenvalue weighted by Gasteiger charge is -2.12. The molecule has 0 radical (unpaired) electrons. The van der Waals surface area contributed by atoms with Gasteiger partial charge in [0.05, 0.1) is 0 Å². The molecule has 0 spiro atoms. The molecule has 0 saturated carbocycles. The molecule has 4 heteroatoms. The maximum absolute atomic E-state index is 13.2. The monoisotopic (exact) mass is 372 g/mol. The molecule has 28 heavy (non-hydrogen) atoms. The van der Waals surface area contributed by atoms with E-state index < -0.39 is 29.1 Å². The summed E-state index contributed by atoms with van der Waals surface area (Å²) in [5.74, 6) is -3.88. The molecular formula is C24H17FO3. The standard InChI is InChI=1S/C24H17FO3/c25-20-14-12-19(13-15-20)24(28)22(23(27)18-9-5-2-6-10-18)21(26)16-11-17-7-3-1-4-8-17/h1-16,22H. The Balaban J connectivity index is 1.95. The number of ketones is 3. The summed E-state index contributed by atoms with van der Waals surface area (Å²) in [6, 6.07) is 22.1. The molecule has 0 bridgehead atoms. The fraction of sp³-hybridized carbons (Fsp3) is 0.0417. The maximum Gasteiger partial charge on any atom is 0.181 e. The van der Waals surface area contributed by atoms with Crippen LogP contribution in [0.3, 0.4) is 0 Å². The summed E-state index contributed by atoms with van der Waals surface area (Å²) < 4.78 is 13.2. The Bertz CT molecular complexity index is 1010. The summed E-state index contributed by atoms with van der Waals surface area (Å²) in [6.45, 7) is 0. The van der Waals surface area contributed by atoms with E-state index in [4.69, 9.17) is 0 Å². The Hall–Kier alpha value is -3.66. The van der Waals surface area contributed by atoms with E-state index in [2.05, 4.69) is 0 Å². The molecule has 0 aliphatic rings. The molecule has 3 aromatic carbocycles. The molecule has 138 valence electrons. The lowest BCUT2D eigenvalue weighted by molar-refractivity contribution is -0.115. The molecule has 0 aliphatic heterocycles. The van der Waals surface area contributed by atoms with Crippen molar-refractivity contribution in [3.63, 3.8) is 0 Å². The third-order valence-corrected chi connectivity index (χ3v) is 4.24. The second-order valence-electron chi connectivity index (χ2n) is 6.18. The summed E-state index contributed by atoms with van der Waals surface area (Å²) >= 11 is 0. The zero-order valence-corrected chi connectivity index (χ0v) is 14.9. The Labute approximate surface area is 162 Å². The number of carbonyl (C=O) groups is 3. The van der Waals surface area contributed by atoms with Gasteiger partial charge in [0.15, 0.2) is 17.3 Å². The van der Waals surface area contributed by atoms with Crippen LogP contribution < -0.4 is 0 Å². The fourth-order valence-corrected chi connectivity index (χ4v) is 2.77. The minimum atomic E-state index is -1.52. The molecule has 1 unspecified atom stereocenters. The van der Waals surface area contributed by atoms with Crippen LogP contribution in [-0.2, 0) is 4.79 Å². The zero-order valence-electron chi connectivity index (χ0n) is 14.9. The maximum atomic E-state index is 13.2. The van der Waals surface area contributed by atoms with Crippen molar-refractivity contribution in [1.29, 1.82) is 0 Å². The van der Waals surface area contributed by atoms with E-state index >= 15 is 0 Å². The van der Waals surface area contributed by atoms with Crippen LogP contribution in [0.1, 0.15) is 26.3 Å². The van der Waals surface area contributed by atoms with E-state index in [1.165, 1.54) is 18.2 Å². The smallest absolute Gasteiger partial charge is 0.181 e. The van der Waals surface area contributed by atoms with E-state index in [0.29, 0.717) is 0 Å². The summed E-state index contributed by atoms with van der Waals surface area (Å²) in [4.78, 5) is 38.7. The number of halogens is 1. The van der Waals surface area contributed by atoms with Crippen molar-refractivity contribution in [1.82, 2.24) is 0 Å². The van der Waals surface area contributed by atoms with Gasteiger partial charge in [-0.05, 0) is 35.9 Å². The predicted molar refractivity (Wildman–Crippen MR) is 105 cm³/mol. The molecule has 0 N–H and O–H groups in total. The molecule has 1 atom stereocenters. The van der Waals surface area contributed by atoms with Crippen LogP contribution in [0, 0.1) is 11.7 Å². The molecule has 3 rings (SSSR count). The largest absolute Gasteiger partial charge is 0.294 e. The molecule has 3 nitrogen and oxygen atoms in total. The highest BCUT2D eigenvalue weighted by molar-refractivity contribution is 6.30. The third-order valence-electron chi connectivity index (χ3n) is 4.24. The van der Waals surface area contributed by atoms with E-state index in [1.54, 1.807) is 48.5 Å². The van der Waals surface area contributed by atoms with Gasteiger partial charge in [0.1, 0.15) is 11.7 Å². The Morgan fingerprint density at radius 3 is 1.75 bits per heavy atom. The van der Waals surface area contributed by atoms with Crippen molar-refractivity contribution in [2.75, 3.05) is 0 Å². The van der Waals surface area contributed by atoms with Crippen LogP contribution in [0.2, 0.25) is 0 Å². The zero-order chi connectivity index (χ0) is 19.9. The van der Waals surface area contributed by atoms with Crippen molar-refractivity contribution >= 4 is 23.4 Å². The average Bonchev–Trinajstić information content (AvgIpc) is 2.74. The van der Waals surface area contributed by atoms with Gasteiger partial charge in [-0.15, -0.1) is 0 Å². The number of carbonyl (C=O) groups excluding carboxylic acids is 3. The Kier molecular flexibility index (Phi) is 6.02. The second-order valence-corrected chi connectivity index (χ2v) is 6.18. The quantitative estimate of drug-likeness (QED) is 0.340. The highest BCUT2D eigenvalue weighted by Crippen LogP contribution is 2.18. The minimum Gasteiger partial charge on any atom is -0.294 e. The molecule has 0 aromatic heterocycles. The molecule has 0 aliphatic carbocycles.